The Balaban J connectivity index is 1.81. The zero-order valence-electron chi connectivity index (χ0n) is 9.90. The second-order valence-electron chi connectivity index (χ2n) is 4.20. The van der Waals surface area contributed by atoms with Crippen LogP contribution in [0, 0.1) is 0 Å². The van der Waals surface area contributed by atoms with Crippen molar-refractivity contribution in [1.29, 1.82) is 0 Å². The van der Waals surface area contributed by atoms with Crippen LogP contribution in [0.2, 0.25) is 0 Å². The Morgan fingerprint density at radius 2 is 2.22 bits per heavy atom. The molecule has 2 heterocycles. The highest BCUT2D eigenvalue weighted by Gasteiger charge is 2.23. The van der Waals surface area contributed by atoms with E-state index in [1.54, 1.807) is 11.9 Å². The van der Waals surface area contributed by atoms with Crippen molar-refractivity contribution in [3.05, 3.63) is 10.8 Å². The molecule has 1 aliphatic rings. The molecule has 0 bridgehead atoms. The molecule has 0 saturated carbocycles. The van der Waals surface area contributed by atoms with Gasteiger partial charge in [0.05, 0.1) is 5.75 Å². The molecule has 102 valence electrons. The molecule has 1 aromatic heterocycles. The summed E-state index contributed by atoms with van der Waals surface area (Å²) in [5, 5.41) is 3.76. The number of rotatable bonds is 5. The number of thiophene rings is 1. The Labute approximate surface area is 110 Å². The van der Waals surface area contributed by atoms with Gasteiger partial charge in [-0.1, -0.05) is 0 Å². The van der Waals surface area contributed by atoms with E-state index in [2.05, 4.69) is 0 Å². The molecule has 8 heteroatoms. The lowest BCUT2D eigenvalue weighted by atomic mass is 10.3. The van der Waals surface area contributed by atoms with Crippen molar-refractivity contribution in [3.63, 3.8) is 0 Å². The zero-order chi connectivity index (χ0) is 13.2. The van der Waals surface area contributed by atoms with Crippen LogP contribution in [0.1, 0.15) is 0 Å². The minimum atomic E-state index is -3.91. The summed E-state index contributed by atoms with van der Waals surface area (Å²) in [5.74, 6) is 1.22. The van der Waals surface area contributed by atoms with Gasteiger partial charge in [0, 0.05) is 23.8 Å². The highest BCUT2D eigenvalue weighted by atomic mass is 32.2. The number of hydrogen-bond donors (Lipinski definition) is 1. The summed E-state index contributed by atoms with van der Waals surface area (Å²) in [6, 6.07) is 0. The van der Waals surface area contributed by atoms with Gasteiger partial charge in [0.2, 0.25) is 0 Å². The zero-order valence-corrected chi connectivity index (χ0v) is 11.5. The lowest BCUT2D eigenvalue weighted by Crippen LogP contribution is -2.40. The summed E-state index contributed by atoms with van der Waals surface area (Å²) in [5.41, 5.74) is 0. The van der Waals surface area contributed by atoms with Gasteiger partial charge in [0.15, 0.2) is 11.5 Å². The summed E-state index contributed by atoms with van der Waals surface area (Å²) in [4.78, 5) is 1.79. The SMILES string of the molecule is CN(CCS(=O)(=O)O)CC1COc2cscc2O1. The Hall–Kier alpha value is -0.830. The van der Waals surface area contributed by atoms with Crippen LogP contribution in [-0.2, 0) is 10.1 Å². The second kappa shape index (κ2) is 5.43. The molecule has 0 saturated heterocycles. The monoisotopic (exact) mass is 293 g/mol. The molecule has 2 rings (SSSR count). The van der Waals surface area contributed by atoms with Crippen LogP contribution < -0.4 is 9.47 Å². The van der Waals surface area contributed by atoms with Crippen molar-refractivity contribution < 1.29 is 22.4 Å². The highest BCUT2D eigenvalue weighted by Crippen LogP contribution is 2.35. The maximum atomic E-state index is 10.6. The van der Waals surface area contributed by atoms with Crippen LogP contribution in [-0.4, -0.2) is 56.5 Å². The first kappa shape index (κ1) is 13.6. The van der Waals surface area contributed by atoms with Gasteiger partial charge in [-0.05, 0) is 7.05 Å². The van der Waals surface area contributed by atoms with Crippen LogP contribution in [0.25, 0.3) is 0 Å². The lowest BCUT2D eigenvalue weighted by molar-refractivity contribution is 0.0679. The maximum Gasteiger partial charge on any atom is 0.266 e. The van der Waals surface area contributed by atoms with E-state index >= 15 is 0 Å². The van der Waals surface area contributed by atoms with Gasteiger partial charge in [0.1, 0.15) is 12.7 Å². The summed E-state index contributed by atoms with van der Waals surface area (Å²) >= 11 is 1.51. The first-order valence-electron chi connectivity index (χ1n) is 5.43. The highest BCUT2D eigenvalue weighted by molar-refractivity contribution is 7.85. The summed E-state index contributed by atoms with van der Waals surface area (Å²) in [6.07, 6.45) is -0.126. The average Bonchev–Trinajstić information content (AvgIpc) is 2.72. The third-order valence-corrected chi connectivity index (χ3v) is 3.96. The number of nitrogens with zero attached hydrogens (tertiary/aromatic N) is 1. The van der Waals surface area contributed by atoms with E-state index in [9.17, 15) is 8.42 Å². The fourth-order valence-corrected chi connectivity index (χ4v) is 2.87. The molecular weight excluding hydrogens is 278 g/mol. The smallest absolute Gasteiger partial charge is 0.266 e. The van der Waals surface area contributed by atoms with Crippen LogP contribution in [0.5, 0.6) is 11.5 Å². The predicted octanol–water partition coefficient (Wildman–Crippen LogP) is 0.708. The summed E-state index contributed by atoms with van der Waals surface area (Å²) < 4.78 is 41.1. The third-order valence-electron chi connectivity index (χ3n) is 2.56. The molecule has 0 amide bonds. The maximum absolute atomic E-state index is 10.6. The standard InChI is InChI=1S/C10H15NO5S2/c1-11(2-3-18(12,13)14)4-8-5-15-9-6-17-7-10(9)16-8/h6-8H,2-5H2,1H3,(H,12,13,14). The van der Waals surface area contributed by atoms with E-state index in [-0.39, 0.29) is 18.4 Å². The van der Waals surface area contributed by atoms with E-state index in [0.717, 1.165) is 11.5 Å². The minimum absolute atomic E-state index is 0.126. The molecule has 1 N–H and O–H groups in total. The molecular formula is C10H15NO5S2. The van der Waals surface area contributed by atoms with Gasteiger partial charge in [-0.15, -0.1) is 11.3 Å². The van der Waals surface area contributed by atoms with Crippen molar-refractivity contribution >= 4 is 21.5 Å². The van der Waals surface area contributed by atoms with Crippen LogP contribution in [0.15, 0.2) is 10.8 Å². The van der Waals surface area contributed by atoms with Gasteiger partial charge in [-0.2, -0.15) is 8.42 Å². The first-order valence-corrected chi connectivity index (χ1v) is 7.98. The first-order chi connectivity index (χ1) is 8.44. The molecule has 1 aromatic rings. The molecule has 0 spiro atoms. The fourth-order valence-electron chi connectivity index (χ4n) is 1.66. The normalized spacial score (nSPS) is 19.2. The largest absolute Gasteiger partial charge is 0.485 e. The summed E-state index contributed by atoms with van der Waals surface area (Å²) in [6.45, 7) is 1.25. The number of hydrogen-bond acceptors (Lipinski definition) is 6. The van der Waals surface area contributed by atoms with Crippen LogP contribution in [0.3, 0.4) is 0 Å². The van der Waals surface area contributed by atoms with Gasteiger partial charge in [-0.3, -0.25) is 4.55 Å². The Morgan fingerprint density at radius 1 is 1.50 bits per heavy atom. The van der Waals surface area contributed by atoms with Crippen molar-refractivity contribution in [3.8, 4) is 11.5 Å². The van der Waals surface area contributed by atoms with E-state index in [4.69, 9.17) is 14.0 Å². The molecule has 0 aromatic carbocycles. The Bertz CT molecular complexity index is 498. The molecule has 0 radical (unpaired) electrons. The third kappa shape index (κ3) is 3.84. The lowest BCUT2D eigenvalue weighted by Gasteiger charge is -2.28. The Kier molecular flexibility index (Phi) is 4.10. The second-order valence-corrected chi connectivity index (χ2v) is 6.52. The quantitative estimate of drug-likeness (QED) is 0.806. The van der Waals surface area contributed by atoms with Gasteiger partial charge >= 0.3 is 0 Å². The van der Waals surface area contributed by atoms with E-state index in [0.29, 0.717) is 13.2 Å². The predicted molar refractivity (Wildman–Crippen MR) is 68.1 cm³/mol. The Morgan fingerprint density at radius 3 is 2.94 bits per heavy atom. The topological polar surface area (TPSA) is 76.1 Å². The van der Waals surface area contributed by atoms with Crippen molar-refractivity contribution in [2.45, 2.75) is 6.10 Å². The van der Waals surface area contributed by atoms with Crippen LogP contribution in [0.4, 0.5) is 0 Å². The average molecular weight is 293 g/mol. The van der Waals surface area contributed by atoms with Crippen molar-refractivity contribution in [2.24, 2.45) is 0 Å². The van der Waals surface area contributed by atoms with Crippen molar-refractivity contribution in [1.82, 2.24) is 4.90 Å². The molecule has 1 unspecified atom stereocenters. The fraction of sp³-hybridized carbons (Fsp3) is 0.600. The number of ether oxygens (including phenoxy) is 2. The molecule has 6 nitrogen and oxygen atoms in total. The van der Waals surface area contributed by atoms with E-state index in [1.807, 2.05) is 10.8 Å². The van der Waals surface area contributed by atoms with E-state index < -0.39 is 10.1 Å². The van der Waals surface area contributed by atoms with Crippen LogP contribution >= 0.6 is 11.3 Å². The molecule has 1 atom stereocenters. The molecule has 1 aliphatic heterocycles. The minimum Gasteiger partial charge on any atom is -0.485 e. The molecule has 0 fully saturated rings. The number of fused-ring (bicyclic) bond motifs is 1. The molecule has 18 heavy (non-hydrogen) atoms. The van der Waals surface area contributed by atoms with Gasteiger partial charge < -0.3 is 14.4 Å². The molecule has 0 aliphatic carbocycles. The van der Waals surface area contributed by atoms with E-state index in [1.165, 1.54) is 11.3 Å². The van der Waals surface area contributed by atoms with Crippen molar-refractivity contribution in [2.75, 3.05) is 32.5 Å². The number of likely N-dealkylation sites (N-methyl/N-ethyl adjacent to an activating group) is 1. The summed E-state index contributed by atoms with van der Waals surface area (Å²) in [7, 11) is -2.14. The van der Waals surface area contributed by atoms with Gasteiger partial charge in [0.25, 0.3) is 10.1 Å². The van der Waals surface area contributed by atoms with Gasteiger partial charge in [-0.25, -0.2) is 0 Å².